The first-order chi connectivity index (χ1) is 32.7. The molecule has 2 amide bonds. The number of aromatic nitrogens is 4. The second kappa shape index (κ2) is 21.3. The summed E-state index contributed by atoms with van der Waals surface area (Å²) >= 11 is 12.1. The van der Waals surface area contributed by atoms with Crippen LogP contribution in [0.2, 0.25) is 10.0 Å². The van der Waals surface area contributed by atoms with Crippen molar-refractivity contribution in [2.24, 2.45) is 0 Å². The van der Waals surface area contributed by atoms with Gasteiger partial charge in [-0.15, -0.1) is 0 Å². The Labute approximate surface area is 401 Å². The quantitative estimate of drug-likeness (QED) is 0.0477. The predicted molar refractivity (Wildman–Crippen MR) is 258 cm³/mol. The molecule has 0 radical (unpaired) electrons. The van der Waals surface area contributed by atoms with Crippen molar-refractivity contribution in [3.8, 4) is 11.5 Å². The van der Waals surface area contributed by atoms with E-state index in [1.54, 1.807) is 42.5 Å². The number of carbonyl (C=O) groups excluding carboxylic acids is 2. The number of rotatable bonds is 18. The second-order valence-electron chi connectivity index (χ2n) is 17.4. The van der Waals surface area contributed by atoms with E-state index in [-0.39, 0.29) is 40.6 Å². The maximum Gasteiger partial charge on any atom is 0.248 e. The van der Waals surface area contributed by atoms with Crippen molar-refractivity contribution >= 4 is 91.2 Å². The molecule has 0 bridgehead atoms. The van der Waals surface area contributed by atoms with Crippen LogP contribution in [0.4, 0.5) is 43.2 Å². The molecule has 8 rings (SSSR count). The number of halogens is 4. The highest BCUT2D eigenvalue weighted by Crippen LogP contribution is 2.37. The molecule has 4 aromatic carbocycles. The Hall–Kier alpha value is -6.28. The Kier molecular flexibility index (Phi) is 15.1. The van der Waals surface area contributed by atoms with Gasteiger partial charge in [-0.2, -0.15) is 0 Å². The van der Waals surface area contributed by atoms with E-state index in [1.807, 2.05) is 33.1 Å². The van der Waals surface area contributed by atoms with Crippen molar-refractivity contribution in [3.63, 3.8) is 0 Å². The van der Waals surface area contributed by atoms with Gasteiger partial charge in [-0.1, -0.05) is 23.2 Å². The van der Waals surface area contributed by atoms with E-state index in [1.165, 1.54) is 43.0 Å². The number of amides is 2. The molecule has 2 fully saturated rings. The Balaban J connectivity index is 0.993. The second-order valence-corrected chi connectivity index (χ2v) is 18.2. The molecule has 4 heterocycles. The number of ether oxygens (including phenoxy) is 4. The number of anilines is 6. The lowest BCUT2D eigenvalue weighted by Crippen LogP contribution is -2.54. The van der Waals surface area contributed by atoms with Gasteiger partial charge in [-0.25, -0.2) is 28.7 Å². The topological polar surface area (TPSA) is 174 Å². The fourth-order valence-corrected chi connectivity index (χ4v) is 8.23. The molecule has 1 unspecified atom stereocenters. The van der Waals surface area contributed by atoms with Crippen LogP contribution in [0.25, 0.3) is 21.8 Å². The lowest BCUT2D eigenvalue weighted by atomic mass is 10.1. The molecule has 2 aromatic heterocycles. The Morgan fingerprint density at radius 2 is 1.29 bits per heavy atom. The van der Waals surface area contributed by atoms with Crippen LogP contribution in [0.5, 0.6) is 11.5 Å². The summed E-state index contributed by atoms with van der Waals surface area (Å²) in [4.78, 5) is 47.6. The smallest absolute Gasteiger partial charge is 0.248 e. The van der Waals surface area contributed by atoms with Crippen molar-refractivity contribution in [3.05, 3.63) is 107 Å². The van der Waals surface area contributed by atoms with Crippen molar-refractivity contribution < 1.29 is 41.8 Å². The first-order valence-electron chi connectivity index (χ1n) is 21.9. The highest BCUT2D eigenvalue weighted by atomic mass is 35.5. The summed E-state index contributed by atoms with van der Waals surface area (Å²) in [5.41, 5.74) is 2.92. The summed E-state index contributed by atoms with van der Waals surface area (Å²) < 4.78 is 52.0. The number of benzene rings is 4. The maximum absolute atomic E-state index is 14.2. The zero-order valence-corrected chi connectivity index (χ0v) is 39.3. The third kappa shape index (κ3) is 12.1. The Bertz CT molecular complexity index is 2840. The molecule has 0 saturated carbocycles. The Morgan fingerprint density at radius 3 is 1.76 bits per heavy atom. The first kappa shape index (κ1) is 48.2. The maximum atomic E-state index is 14.2. The number of hydrogen-bond donors (Lipinski definition) is 4. The summed E-state index contributed by atoms with van der Waals surface area (Å²) in [5.74, 6) is -0.107. The van der Waals surface area contributed by atoms with E-state index in [0.717, 1.165) is 0 Å². The summed E-state index contributed by atoms with van der Waals surface area (Å²) in [5, 5.41) is 13.5. The fourth-order valence-electron chi connectivity index (χ4n) is 7.87. The van der Waals surface area contributed by atoms with Crippen LogP contribution in [0.15, 0.2) is 85.5 Å². The third-order valence-electron chi connectivity index (χ3n) is 11.6. The average Bonchev–Trinajstić information content (AvgIpc) is 4.02. The van der Waals surface area contributed by atoms with Gasteiger partial charge in [0.1, 0.15) is 65.7 Å². The van der Waals surface area contributed by atoms with Gasteiger partial charge in [0.2, 0.25) is 11.8 Å². The van der Waals surface area contributed by atoms with Gasteiger partial charge in [0, 0.05) is 53.2 Å². The standard InChI is InChI=1S/C48H50Cl2F2N10O6/c1-61(2)23-30(18-46(64)60-42-20-34-40(22-44(42)68-32-12-15-66-25-32)54-27-56-48(34)58-29-8-10-38(52)36(50)17-29)62(3,4)13-5-6-45(63)59-41-19-33-39(21-43(41)67-31-11-14-65-24-31)53-26-55-47(33)57-28-7-9-37(51)35(49)16-28/h5-10,16-17,19-22,26-27,30-32H,11-15,18,23-25H2,1-4H3,(H3-,53,54,55,56,57,58,59,60,63,64)/p+1/b6-5+/t30?,31-,32-/m0/s1. The number of likely N-dealkylation sites (N-methyl/N-ethyl adjacent to an activating group) is 2. The molecular weight excluding hydrogens is 921 g/mol. The number of hydrogen-bond acceptors (Lipinski definition) is 13. The molecule has 6 aromatic rings. The number of nitrogens with zero attached hydrogens (tertiary/aromatic N) is 6. The third-order valence-corrected chi connectivity index (χ3v) is 12.1. The summed E-state index contributed by atoms with van der Waals surface area (Å²) in [6.45, 7) is 2.88. The van der Waals surface area contributed by atoms with Crippen LogP contribution in [-0.4, -0.2) is 127 Å². The van der Waals surface area contributed by atoms with Gasteiger partial charge in [0.05, 0.1) is 92.5 Å². The molecule has 68 heavy (non-hydrogen) atoms. The monoisotopic (exact) mass is 971 g/mol. The summed E-state index contributed by atoms with van der Waals surface area (Å²) in [6, 6.07) is 15.3. The van der Waals surface area contributed by atoms with E-state index in [0.29, 0.717) is 125 Å². The van der Waals surface area contributed by atoms with Gasteiger partial charge in [0.25, 0.3) is 0 Å². The van der Waals surface area contributed by atoms with Gasteiger partial charge in [-0.3, -0.25) is 9.59 Å². The van der Waals surface area contributed by atoms with Crippen molar-refractivity contribution in [2.75, 3.05) is 89.0 Å². The molecule has 0 aliphatic carbocycles. The lowest BCUT2D eigenvalue weighted by Gasteiger charge is -2.38. The fraction of sp³-hybridized carbons (Fsp3) is 0.333. The van der Waals surface area contributed by atoms with Gasteiger partial charge in [-0.05, 0) is 68.7 Å². The van der Waals surface area contributed by atoms with Crippen LogP contribution in [0, 0.1) is 11.6 Å². The highest BCUT2D eigenvalue weighted by Gasteiger charge is 2.31. The lowest BCUT2D eigenvalue weighted by molar-refractivity contribution is -0.908. The largest absolute Gasteiger partial charge is 0.486 e. The average molecular weight is 973 g/mol. The van der Waals surface area contributed by atoms with Crippen LogP contribution in [0.1, 0.15) is 19.3 Å². The number of fused-ring (bicyclic) bond motifs is 2. The predicted octanol–water partition coefficient (Wildman–Crippen LogP) is 8.51. The molecule has 20 heteroatoms. The Morgan fingerprint density at radius 1 is 0.779 bits per heavy atom. The molecule has 4 N–H and O–H groups in total. The van der Waals surface area contributed by atoms with Crippen molar-refractivity contribution in [1.29, 1.82) is 0 Å². The number of quaternary nitrogens is 1. The van der Waals surface area contributed by atoms with Gasteiger partial charge in [0.15, 0.2) is 0 Å². The number of carbonyl (C=O) groups is 2. The van der Waals surface area contributed by atoms with Crippen LogP contribution in [0.3, 0.4) is 0 Å². The SMILES string of the molecule is CN(C)CC(CC(=O)Nc1cc2c(Nc3ccc(F)c(Cl)c3)ncnc2cc1O[C@H]1CCOC1)[N+](C)(C)C/C=C/C(=O)Nc1cc2c(Nc3ccc(F)c(Cl)c3)ncnc2cc1O[C@H]1CCOC1. The highest BCUT2D eigenvalue weighted by molar-refractivity contribution is 6.31. The molecule has 16 nitrogen and oxygen atoms in total. The van der Waals surface area contributed by atoms with Gasteiger partial charge < -0.3 is 49.6 Å². The molecule has 0 spiro atoms. The molecule has 2 aliphatic heterocycles. The molecular formula is C48H51Cl2F2N10O6+. The van der Waals surface area contributed by atoms with Crippen LogP contribution in [-0.2, 0) is 19.1 Å². The zero-order chi connectivity index (χ0) is 48.0. The normalized spacial score (nSPS) is 16.7. The minimum Gasteiger partial charge on any atom is -0.486 e. The minimum atomic E-state index is -0.550. The summed E-state index contributed by atoms with van der Waals surface area (Å²) in [6.07, 6.45) is 7.08. The van der Waals surface area contributed by atoms with Gasteiger partial charge >= 0.3 is 0 Å². The molecule has 3 atom stereocenters. The molecule has 2 saturated heterocycles. The summed E-state index contributed by atoms with van der Waals surface area (Å²) in [7, 11) is 7.90. The van der Waals surface area contributed by atoms with Crippen molar-refractivity contribution in [2.45, 2.75) is 37.5 Å². The van der Waals surface area contributed by atoms with E-state index < -0.39 is 17.5 Å². The van der Waals surface area contributed by atoms with Crippen LogP contribution < -0.4 is 30.7 Å². The molecule has 2 aliphatic rings. The van der Waals surface area contributed by atoms with E-state index >= 15 is 0 Å². The molecule has 356 valence electrons. The zero-order valence-electron chi connectivity index (χ0n) is 37.8. The van der Waals surface area contributed by atoms with E-state index in [4.69, 9.17) is 42.1 Å². The van der Waals surface area contributed by atoms with Crippen molar-refractivity contribution in [1.82, 2.24) is 24.8 Å². The van der Waals surface area contributed by atoms with Crippen LogP contribution >= 0.6 is 23.2 Å². The number of nitrogens with one attached hydrogen (secondary N) is 4. The van der Waals surface area contributed by atoms with E-state index in [9.17, 15) is 18.4 Å². The minimum absolute atomic E-state index is 0.0465. The first-order valence-corrected chi connectivity index (χ1v) is 22.7. The van der Waals surface area contributed by atoms with E-state index in [2.05, 4.69) is 41.2 Å².